The number of benzene rings is 2. The van der Waals surface area contributed by atoms with E-state index in [1.807, 2.05) is 50.2 Å². The third-order valence-corrected chi connectivity index (χ3v) is 5.38. The van der Waals surface area contributed by atoms with Crippen molar-refractivity contribution >= 4 is 5.91 Å². The number of aromatic nitrogens is 3. The Morgan fingerprint density at radius 2 is 1.88 bits per heavy atom. The highest BCUT2D eigenvalue weighted by Crippen LogP contribution is 2.33. The quantitative estimate of drug-likeness (QED) is 0.456. The summed E-state index contributed by atoms with van der Waals surface area (Å²) in [6, 6.07) is 17.1. The third kappa shape index (κ3) is 4.72. The molecule has 0 spiro atoms. The second-order valence-corrected chi connectivity index (χ2v) is 7.73. The summed E-state index contributed by atoms with van der Waals surface area (Å²) in [5.74, 6) is 1.06. The Labute approximate surface area is 193 Å². The van der Waals surface area contributed by atoms with Gasteiger partial charge in [-0.05, 0) is 55.3 Å². The maximum Gasteiger partial charge on any atom is 0.270 e. The molecule has 2 heterocycles. The molecule has 0 aliphatic heterocycles. The van der Waals surface area contributed by atoms with Crippen molar-refractivity contribution in [3.8, 4) is 28.4 Å². The molecular weight excluding hydrogens is 416 g/mol. The van der Waals surface area contributed by atoms with Gasteiger partial charge in [-0.25, -0.2) is 4.68 Å². The zero-order chi connectivity index (χ0) is 23.4. The minimum atomic E-state index is -0.231. The molecule has 0 aliphatic carbocycles. The number of nitrogens with one attached hydrogen (secondary N) is 1. The third-order valence-electron chi connectivity index (χ3n) is 5.38. The van der Waals surface area contributed by atoms with Gasteiger partial charge in [-0.3, -0.25) is 9.78 Å². The first kappa shape index (κ1) is 22.1. The fraction of sp³-hybridized carbons (Fsp3) is 0.192. The van der Waals surface area contributed by atoms with Gasteiger partial charge in [0, 0.05) is 30.6 Å². The van der Waals surface area contributed by atoms with Gasteiger partial charge >= 0.3 is 0 Å². The minimum absolute atomic E-state index is 0.231. The molecule has 1 amide bonds. The van der Waals surface area contributed by atoms with Crippen LogP contribution in [0.15, 0.2) is 67.0 Å². The highest BCUT2D eigenvalue weighted by molar-refractivity contribution is 5.94. The Bertz CT molecular complexity index is 1280. The number of methoxy groups -OCH3 is 2. The van der Waals surface area contributed by atoms with Crippen LogP contribution in [0.2, 0.25) is 0 Å². The van der Waals surface area contributed by atoms with E-state index in [0.29, 0.717) is 29.4 Å². The molecule has 168 valence electrons. The molecule has 2 aromatic heterocycles. The lowest BCUT2D eigenvalue weighted by Gasteiger charge is -2.11. The number of amides is 1. The largest absolute Gasteiger partial charge is 0.497 e. The number of hydrogen-bond acceptors (Lipinski definition) is 5. The predicted molar refractivity (Wildman–Crippen MR) is 127 cm³/mol. The van der Waals surface area contributed by atoms with Crippen molar-refractivity contribution in [2.75, 3.05) is 14.2 Å². The lowest BCUT2D eigenvalue weighted by molar-refractivity contribution is 0.0943. The highest BCUT2D eigenvalue weighted by Gasteiger charge is 2.20. The van der Waals surface area contributed by atoms with E-state index < -0.39 is 0 Å². The summed E-state index contributed by atoms with van der Waals surface area (Å²) >= 11 is 0. The van der Waals surface area contributed by atoms with Crippen molar-refractivity contribution in [3.05, 3.63) is 89.4 Å². The fourth-order valence-electron chi connectivity index (χ4n) is 3.69. The number of carbonyl (C=O) groups is 1. The molecule has 7 heteroatoms. The first-order valence-electron chi connectivity index (χ1n) is 10.6. The van der Waals surface area contributed by atoms with Crippen LogP contribution in [0.5, 0.6) is 11.5 Å². The summed E-state index contributed by atoms with van der Waals surface area (Å²) in [5, 5.41) is 7.78. The lowest BCUT2D eigenvalue weighted by atomic mass is 10.1. The summed E-state index contributed by atoms with van der Waals surface area (Å²) in [7, 11) is 3.20. The van der Waals surface area contributed by atoms with Gasteiger partial charge in [-0.1, -0.05) is 23.8 Å². The second kappa shape index (κ2) is 9.56. The van der Waals surface area contributed by atoms with Crippen LogP contribution in [0.25, 0.3) is 16.9 Å². The monoisotopic (exact) mass is 442 g/mol. The van der Waals surface area contributed by atoms with Gasteiger partial charge in [0.05, 0.1) is 25.6 Å². The number of nitrogens with zero attached hydrogens (tertiary/aromatic N) is 3. The Kier molecular flexibility index (Phi) is 6.40. The van der Waals surface area contributed by atoms with Crippen molar-refractivity contribution in [1.82, 2.24) is 20.1 Å². The second-order valence-electron chi connectivity index (χ2n) is 7.73. The first-order valence-corrected chi connectivity index (χ1v) is 10.6. The summed E-state index contributed by atoms with van der Waals surface area (Å²) in [4.78, 5) is 17.4. The maximum atomic E-state index is 13.2. The van der Waals surface area contributed by atoms with Crippen molar-refractivity contribution in [2.45, 2.75) is 20.4 Å². The molecule has 4 aromatic rings. The van der Waals surface area contributed by atoms with Crippen LogP contribution in [0, 0.1) is 13.8 Å². The number of ether oxygens (including phenoxy) is 2. The Balaban J connectivity index is 1.77. The molecule has 1 N–H and O–H groups in total. The van der Waals surface area contributed by atoms with Crippen LogP contribution in [0.4, 0.5) is 0 Å². The molecule has 0 radical (unpaired) electrons. The van der Waals surface area contributed by atoms with Gasteiger partial charge in [0.15, 0.2) is 0 Å². The van der Waals surface area contributed by atoms with Crippen molar-refractivity contribution < 1.29 is 14.3 Å². The number of pyridine rings is 1. The standard InChI is InChI=1S/C26H26N4O3/c1-17-7-10-23(18(2)12-17)30-24(26(31)28-16-19-6-5-11-27-15-19)14-22(29-30)21-9-8-20(32-3)13-25(21)33-4/h5-15H,16H2,1-4H3,(H,28,31). The normalized spacial score (nSPS) is 10.7. The van der Waals surface area contributed by atoms with E-state index in [2.05, 4.69) is 16.4 Å². The van der Waals surface area contributed by atoms with Gasteiger partial charge in [0.2, 0.25) is 0 Å². The van der Waals surface area contributed by atoms with E-state index >= 15 is 0 Å². The van der Waals surface area contributed by atoms with E-state index in [4.69, 9.17) is 14.6 Å². The SMILES string of the molecule is COc1ccc(-c2cc(C(=O)NCc3cccnc3)n(-c3ccc(C)cc3C)n2)c(OC)c1. The van der Waals surface area contributed by atoms with Crippen LogP contribution in [0.1, 0.15) is 27.2 Å². The Morgan fingerprint density at radius 1 is 1.03 bits per heavy atom. The number of rotatable bonds is 7. The summed E-state index contributed by atoms with van der Waals surface area (Å²) in [6.07, 6.45) is 3.43. The molecular formula is C26H26N4O3. The summed E-state index contributed by atoms with van der Waals surface area (Å²) in [5.41, 5.74) is 5.74. The van der Waals surface area contributed by atoms with Gasteiger partial charge in [0.25, 0.3) is 5.91 Å². The Morgan fingerprint density at radius 3 is 2.58 bits per heavy atom. The van der Waals surface area contributed by atoms with Crippen LogP contribution in [0.3, 0.4) is 0 Å². The minimum Gasteiger partial charge on any atom is -0.497 e. The number of hydrogen-bond donors (Lipinski definition) is 1. The zero-order valence-electron chi connectivity index (χ0n) is 19.1. The van der Waals surface area contributed by atoms with E-state index in [0.717, 1.165) is 27.9 Å². The Hall–Kier alpha value is -4.13. The first-order chi connectivity index (χ1) is 16.0. The van der Waals surface area contributed by atoms with Gasteiger partial charge in [-0.2, -0.15) is 5.10 Å². The van der Waals surface area contributed by atoms with E-state index in [-0.39, 0.29) is 5.91 Å². The van der Waals surface area contributed by atoms with Crippen LogP contribution in [-0.4, -0.2) is 34.9 Å². The van der Waals surface area contributed by atoms with Crippen LogP contribution < -0.4 is 14.8 Å². The fourth-order valence-corrected chi connectivity index (χ4v) is 3.69. The topological polar surface area (TPSA) is 78.3 Å². The van der Waals surface area contributed by atoms with Crippen molar-refractivity contribution in [1.29, 1.82) is 0 Å². The van der Waals surface area contributed by atoms with Gasteiger partial charge in [-0.15, -0.1) is 0 Å². The molecule has 0 aliphatic rings. The van der Waals surface area contributed by atoms with Gasteiger partial charge in [0.1, 0.15) is 17.2 Å². The van der Waals surface area contributed by atoms with Gasteiger partial charge < -0.3 is 14.8 Å². The zero-order valence-corrected chi connectivity index (χ0v) is 19.1. The predicted octanol–water partition coefficient (Wildman–Crippen LogP) is 4.50. The molecule has 33 heavy (non-hydrogen) atoms. The maximum absolute atomic E-state index is 13.2. The van der Waals surface area contributed by atoms with E-state index in [1.165, 1.54) is 0 Å². The molecule has 0 saturated carbocycles. The molecule has 0 unspecified atom stereocenters. The molecule has 4 rings (SSSR count). The van der Waals surface area contributed by atoms with Crippen molar-refractivity contribution in [3.63, 3.8) is 0 Å². The van der Waals surface area contributed by atoms with Crippen LogP contribution >= 0.6 is 0 Å². The smallest absolute Gasteiger partial charge is 0.270 e. The molecule has 7 nitrogen and oxygen atoms in total. The lowest BCUT2D eigenvalue weighted by Crippen LogP contribution is -2.25. The average Bonchev–Trinajstić information content (AvgIpc) is 3.27. The molecule has 0 atom stereocenters. The number of aryl methyl sites for hydroxylation is 2. The number of carbonyl (C=O) groups excluding carboxylic acids is 1. The van der Waals surface area contributed by atoms with Crippen LogP contribution in [-0.2, 0) is 6.54 Å². The molecule has 2 aromatic carbocycles. The molecule has 0 bridgehead atoms. The molecule has 0 fully saturated rings. The van der Waals surface area contributed by atoms with Crippen molar-refractivity contribution in [2.24, 2.45) is 0 Å². The van der Waals surface area contributed by atoms with E-state index in [9.17, 15) is 4.79 Å². The summed E-state index contributed by atoms with van der Waals surface area (Å²) in [6.45, 7) is 4.41. The molecule has 0 saturated heterocycles. The summed E-state index contributed by atoms with van der Waals surface area (Å²) < 4.78 is 12.6. The highest BCUT2D eigenvalue weighted by atomic mass is 16.5. The van der Waals surface area contributed by atoms with E-state index in [1.54, 1.807) is 43.4 Å². The average molecular weight is 443 g/mol.